The number of amides is 2. The molecule has 1 N–H and O–H groups in total. The van der Waals surface area contributed by atoms with E-state index in [9.17, 15) is 22.8 Å². The predicted octanol–water partition coefficient (Wildman–Crippen LogP) is 4.19. The van der Waals surface area contributed by atoms with Crippen LogP contribution in [0.5, 0.6) is 0 Å². The molecule has 27 heavy (non-hydrogen) atoms. The molecule has 0 spiro atoms. The van der Waals surface area contributed by atoms with Gasteiger partial charge in [0.1, 0.15) is 6.61 Å². The van der Waals surface area contributed by atoms with E-state index in [2.05, 4.69) is 5.32 Å². The first-order chi connectivity index (χ1) is 12.8. The average molecular weight is 396 g/mol. The molecular formula is C18H15F3N2O3S. The molecule has 1 fully saturated rings. The number of ether oxygens (including phenoxy) is 1. The molecule has 2 aromatic rings. The van der Waals surface area contributed by atoms with Crippen molar-refractivity contribution < 1.29 is 27.5 Å². The average Bonchev–Trinajstić information content (AvgIpc) is 3.05. The third-order valence-electron chi connectivity index (χ3n) is 3.79. The number of thioether (sulfide) groups is 1. The second kappa shape index (κ2) is 7.91. The number of hydrogen-bond donors (Lipinski definition) is 1. The number of rotatable bonds is 5. The molecule has 1 heterocycles. The molecule has 2 amide bonds. The topological polar surface area (TPSA) is 58.6 Å². The van der Waals surface area contributed by atoms with Crippen LogP contribution >= 0.6 is 11.8 Å². The fourth-order valence-electron chi connectivity index (χ4n) is 2.61. The van der Waals surface area contributed by atoms with Crippen LogP contribution in [0.25, 0.3) is 0 Å². The van der Waals surface area contributed by atoms with Crippen molar-refractivity contribution in [1.29, 1.82) is 0 Å². The summed E-state index contributed by atoms with van der Waals surface area (Å²) >= 11 is -0.322. The highest BCUT2D eigenvalue weighted by molar-refractivity contribution is 8.00. The lowest BCUT2D eigenvalue weighted by molar-refractivity contribution is -0.0328. The quantitative estimate of drug-likeness (QED) is 0.771. The van der Waals surface area contributed by atoms with E-state index in [1.165, 1.54) is 29.2 Å². The van der Waals surface area contributed by atoms with Gasteiger partial charge in [0.15, 0.2) is 0 Å². The van der Waals surface area contributed by atoms with E-state index in [0.717, 1.165) is 0 Å². The Labute approximate surface area is 157 Å². The molecule has 0 saturated carbocycles. The molecule has 0 aliphatic carbocycles. The van der Waals surface area contributed by atoms with E-state index in [-0.39, 0.29) is 28.8 Å². The number of nitrogens with one attached hydrogen (secondary N) is 1. The first-order valence-electron chi connectivity index (χ1n) is 8.00. The first-order valence-corrected chi connectivity index (χ1v) is 8.81. The Bertz CT molecular complexity index is 858. The van der Waals surface area contributed by atoms with E-state index in [1.54, 1.807) is 24.3 Å². The third-order valence-corrected chi connectivity index (χ3v) is 4.60. The van der Waals surface area contributed by atoms with Gasteiger partial charge in [-0.3, -0.25) is 9.69 Å². The van der Waals surface area contributed by atoms with Crippen LogP contribution in [0, 0.1) is 0 Å². The Balaban J connectivity index is 1.69. The maximum absolute atomic E-state index is 12.6. The summed E-state index contributed by atoms with van der Waals surface area (Å²) in [7, 11) is 0. The van der Waals surface area contributed by atoms with Gasteiger partial charge in [0.25, 0.3) is 5.91 Å². The number of carbonyl (C=O) groups excluding carboxylic acids is 2. The Kier molecular flexibility index (Phi) is 5.59. The Morgan fingerprint density at radius 2 is 1.96 bits per heavy atom. The zero-order chi connectivity index (χ0) is 19.4. The van der Waals surface area contributed by atoms with Gasteiger partial charge in [-0.15, -0.1) is 0 Å². The number of halogens is 3. The maximum Gasteiger partial charge on any atom is 0.446 e. The van der Waals surface area contributed by atoms with Crippen LogP contribution in [0.2, 0.25) is 0 Å². The molecule has 5 nitrogen and oxygen atoms in total. The molecule has 9 heteroatoms. The zero-order valence-electron chi connectivity index (χ0n) is 14.0. The zero-order valence-corrected chi connectivity index (χ0v) is 14.8. The fourth-order valence-corrected chi connectivity index (χ4v) is 3.27. The monoisotopic (exact) mass is 396 g/mol. The van der Waals surface area contributed by atoms with Crippen molar-refractivity contribution in [3.63, 3.8) is 0 Å². The molecule has 3 rings (SSSR count). The standard InChI is InChI=1S/C18H15F3N2O3S/c19-18(20,21)27-15-7-2-1-6-14(15)16(24)22-11-12-4-3-5-13(10-12)23-8-9-26-17(23)25/h1-7,10H,8-9,11H2,(H,22,24). The Morgan fingerprint density at radius 3 is 2.67 bits per heavy atom. The van der Waals surface area contributed by atoms with Crippen LogP contribution in [0.1, 0.15) is 15.9 Å². The molecule has 1 saturated heterocycles. The number of alkyl halides is 3. The van der Waals surface area contributed by atoms with Gasteiger partial charge in [0, 0.05) is 17.1 Å². The molecule has 0 aromatic heterocycles. The minimum Gasteiger partial charge on any atom is -0.447 e. The molecule has 142 valence electrons. The number of carbonyl (C=O) groups is 2. The molecule has 1 aliphatic rings. The van der Waals surface area contributed by atoms with Crippen LogP contribution < -0.4 is 10.2 Å². The Hall–Kier alpha value is -2.68. The normalized spacial score (nSPS) is 14.2. The van der Waals surface area contributed by atoms with Crippen molar-refractivity contribution in [2.75, 3.05) is 18.1 Å². The molecule has 0 radical (unpaired) electrons. The third kappa shape index (κ3) is 4.94. The summed E-state index contributed by atoms with van der Waals surface area (Å²) in [5.74, 6) is -0.603. The molecule has 1 aliphatic heterocycles. The number of hydrogen-bond acceptors (Lipinski definition) is 4. The number of anilines is 1. The van der Waals surface area contributed by atoms with E-state index in [0.29, 0.717) is 24.4 Å². The lowest BCUT2D eigenvalue weighted by atomic mass is 10.1. The lowest BCUT2D eigenvalue weighted by Crippen LogP contribution is -2.25. The van der Waals surface area contributed by atoms with Gasteiger partial charge in [0.2, 0.25) is 0 Å². The second-order valence-corrected chi connectivity index (χ2v) is 6.77. The minimum absolute atomic E-state index is 0.0425. The van der Waals surface area contributed by atoms with Crippen LogP contribution in [-0.4, -0.2) is 30.7 Å². The summed E-state index contributed by atoms with van der Waals surface area (Å²) in [6.07, 6.45) is -0.436. The van der Waals surface area contributed by atoms with E-state index >= 15 is 0 Å². The first kappa shape index (κ1) is 19.1. The highest BCUT2D eigenvalue weighted by atomic mass is 32.2. The van der Waals surface area contributed by atoms with E-state index < -0.39 is 17.5 Å². The predicted molar refractivity (Wildman–Crippen MR) is 94.7 cm³/mol. The Morgan fingerprint density at radius 1 is 1.19 bits per heavy atom. The van der Waals surface area contributed by atoms with Gasteiger partial charge in [0.05, 0.1) is 12.1 Å². The van der Waals surface area contributed by atoms with Gasteiger partial charge >= 0.3 is 11.6 Å². The smallest absolute Gasteiger partial charge is 0.446 e. The van der Waals surface area contributed by atoms with Crippen molar-refractivity contribution in [3.8, 4) is 0 Å². The van der Waals surface area contributed by atoms with Crippen LogP contribution in [-0.2, 0) is 11.3 Å². The summed E-state index contributed by atoms with van der Waals surface area (Å²) in [5, 5.41) is 2.62. The lowest BCUT2D eigenvalue weighted by Gasteiger charge is -2.14. The van der Waals surface area contributed by atoms with E-state index in [4.69, 9.17) is 4.74 Å². The summed E-state index contributed by atoms with van der Waals surface area (Å²) in [4.78, 5) is 25.3. The van der Waals surface area contributed by atoms with Gasteiger partial charge in [-0.2, -0.15) is 13.2 Å². The summed E-state index contributed by atoms with van der Waals surface area (Å²) in [6.45, 7) is 0.866. The SMILES string of the molecule is O=C(NCc1cccc(N2CCOC2=O)c1)c1ccccc1SC(F)(F)F. The van der Waals surface area contributed by atoms with Crippen molar-refractivity contribution in [1.82, 2.24) is 5.32 Å². The van der Waals surface area contributed by atoms with Crippen LogP contribution in [0.15, 0.2) is 53.4 Å². The fraction of sp³-hybridized carbons (Fsp3) is 0.222. The van der Waals surface area contributed by atoms with Gasteiger partial charge in [-0.05, 0) is 41.6 Å². The van der Waals surface area contributed by atoms with Gasteiger partial charge in [-0.1, -0.05) is 24.3 Å². The van der Waals surface area contributed by atoms with Crippen molar-refractivity contribution in [3.05, 3.63) is 59.7 Å². The number of nitrogens with zero attached hydrogens (tertiary/aromatic N) is 1. The summed E-state index contributed by atoms with van der Waals surface area (Å²) in [6, 6.07) is 12.5. The highest BCUT2D eigenvalue weighted by Gasteiger charge is 2.31. The number of cyclic esters (lactones) is 1. The second-order valence-electron chi connectivity index (χ2n) is 5.66. The minimum atomic E-state index is -4.48. The maximum atomic E-state index is 12.6. The highest BCUT2D eigenvalue weighted by Crippen LogP contribution is 2.38. The molecule has 0 unspecified atom stereocenters. The largest absolute Gasteiger partial charge is 0.447 e. The van der Waals surface area contributed by atoms with Crippen LogP contribution in [0.3, 0.4) is 0 Å². The van der Waals surface area contributed by atoms with Crippen LogP contribution in [0.4, 0.5) is 23.7 Å². The molecular weight excluding hydrogens is 381 g/mol. The molecule has 2 aromatic carbocycles. The van der Waals surface area contributed by atoms with Crippen molar-refractivity contribution in [2.45, 2.75) is 16.9 Å². The summed E-state index contributed by atoms with van der Waals surface area (Å²) in [5.41, 5.74) is -3.17. The number of benzene rings is 2. The van der Waals surface area contributed by atoms with Gasteiger partial charge < -0.3 is 10.1 Å². The molecule has 0 atom stereocenters. The van der Waals surface area contributed by atoms with Crippen molar-refractivity contribution >= 4 is 29.4 Å². The molecule has 0 bridgehead atoms. The van der Waals surface area contributed by atoms with E-state index in [1.807, 2.05) is 0 Å². The summed E-state index contributed by atoms with van der Waals surface area (Å²) < 4.78 is 42.8. The van der Waals surface area contributed by atoms with Gasteiger partial charge in [-0.25, -0.2) is 4.79 Å². The van der Waals surface area contributed by atoms with Crippen molar-refractivity contribution in [2.24, 2.45) is 0 Å².